The number of hydroxylamine groups is 1. The monoisotopic (exact) mass is 394 g/mol. The molecule has 6 nitrogen and oxygen atoms in total. The van der Waals surface area contributed by atoms with Gasteiger partial charge in [0, 0.05) is 16.6 Å². The Morgan fingerprint density at radius 2 is 1.91 bits per heavy atom. The molecule has 2 aromatic rings. The Morgan fingerprint density at radius 3 is 2.43 bits per heavy atom. The highest BCUT2D eigenvalue weighted by Crippen LogP contribution is 2.26. The maximum Gasteiger partial charge on any atom is 0.258 e. The van der Waals surface area contributed by atoms with Gasteiger partial charge in [-0.1, -0.05) is 23.2 Å². The first-order valence-corrected chi connectivity index (χ1v) is 9.37. The lowest BCUT2D eigenvalue weighted by Crippen LogP contribution is -2.39. The van der Waals surface area contributed by atoms with Gasteiger partial charge in [0.15, 0.2) is 0 Å². The van der Waals surface area contributed by atoms with Crippen LogP contribution in [0.25, 0.3) is 0 Å². The first kappa shape index (κ1) is 18.2. The molecule has 0 aliphatic rings. The molecule has 0 radical (unpaired) electrons. The van der Waals surface area contributed by atoms with Crippen molar-refractivity contribution in [3.63, 3.8) is 0 Å². The summed E-state index contributed by atoms with van der Waals surface area (Å²) in [5.41, 5.74) is 2.15. The zero-order chi connectivity index (χ0) is 17.0. The van der Waals surface area contributed by atoms with Gasteiger partial charge in [-0.05, 0) is 40.6 Å². The van der Waals surface area contributed by atoms with Gasteiger partial charge < -0.3 is 0 Å². The SMILES string of the molecule is O=C(CN(Cc1ccsc1)S(=O)(=O)c1cc(Cl)cc(Cl)c1)NO. The van der Waals surface area contributed by atoms with Gasteiger partial charge in [-0.3, -0.25) is 10.0 Å². The summed E-state index contributed by atoms with van der Waals surface area (Å²) in [6.07, 6.45) is 0. The van der Waals surface area contributed by atoms with Gasteiger partial charge in [-0.25, -0.2) is 13.9 Å². The minimum atomic E-state index is -4.03. The molecule has 2 N–H and O–H groups in total. The Balaban J connectivity index is 2.40. The van der Waals surface area contributed by atoms with Crippen LogP contribution in [0.3, 0.4) is 0 Å². The van der Waals surface area contributed by atoms with Crippen LogP contribution in [0.4, 0.5) is 0 Å². The highest BCUT2D eigenvalue weighted by Gasteiger charge is 2.27. The molecule has 0 bridgehead atoms. The van der Waals surface area contributed by atoms with Crippen LogP contribution in [-0.2, 0) is 21.4 Å². The third kappa shape index (κ3) is 4.66. The Hall–Kier alpha value is -1.16. The van der Waals surface area contributed by atoms with Crippen molar-refractivity contribution in [1.82, 2.24) is 9.79 Å². The molecule has 0 saturated heterocycles. The molecule has 0 unspecified atom stereocenters. The van der Waals surface area contributed by atoms with Gasteiger partial charge >= 0.3 is 0 Å². The minimum absolute atomic E-state index is 0.0244. The molecular formula is C13H12Cl2N2O4S2. The number of carbonyl (C=O) groups is 1. The maximum absolute atomic E-state index is 12.8. The average molecular weight is 395 g/mol. The number of thiophene rings is 1. The number of amides is 1. The lowest BCUT2D eigenvalue weighted by Gasteiger charge is -2.21. The molecule has 0 spiro atoms. The van der Waals surface area contributed by atoms with E-state index in [1.54, 1.807) is 16.8 Å². The molecule has 10 heteroatoms. The van der Waals surface area contributed by atoms with E-state index in [1.165, 1.54) is 35.0 Å². The third-order valence-electron chi connectivity index (χ3n) is 2.86. The van der Waals surface area contributed by atoms with E-state index in [4.69, 9.17) is 28.4 Å². The second-order valence-corrected chi connectivity index (χ2v) is 8.14. The van der Waals surface area contributed by atoms with Crippen LogP contribution in [0.2, 0.25) is 10.0 Å². The average Bonchev–Trinajstić information content (AvgIpc) is 2.98. The normalized spacial score (nSPS) is 11.7. The first-order chi connectivity index (χ1) is 10.8. The Morgan fingerprint density at radius 1 is 1.26 bits per heavy atom. The second kappa shape index (κ2) is 7.61. The molecule has 0 atom stereocenters. The topological polar surface area (TPSA) is 86.7 Å². The number of rotatable bonds is 6. The molecule has 1 amide bonds. The number of sulfonamides is 1. The van der Waals surface area contributed by atoms with Gasteiger partial charge in [0.05, 0.1) is 11.4 Å². The summed E-state index contributed by atoms with van der Waals surface area (Å²) in [7, 11) is -4.03. The molecule has 1 heterocycles. The predicted octanol–water partition coefficient (Wildman–Crippen LogP) is 2.75. The number of nitrogens with one attached hydrogen (secondary N) is 1. The van der Waals surface area contributed by atoms with E-state index >= 15 is 0 Å². The number of hydrogen-bond acceptors (Lipinski definition) is 5. The van der Waals surface area contributed by atoms with Gasteiger partial charge in [0.1, 0.15) is 0 Å². The van der Waals surface area contributed by atoms with Crippen LogP contribution in [0.1, 0.15) is 5.56 Å². The summed E-state index contributed by atoms with van der Waals surface area (Å²) in [6, 6.07) is 5.65. The molecule has 0 aliphatic heterocycles. The highest BCUT2D eigenvalue weighted by atomic mass is 35.5. The van der Waals surface area contributed by atoms with Crippen LogP contribution in [-0.4, -0.2) is 30.4 Å². The molecule has 0 fully saturated rings. The molecular weight excluding hydrogens is 383 g/mol. The van der Waals surface area contributed by atoms with Gasteiger partial charge in [-0.15, -0.1) is 0 Å². The van der Waals surface area contributed by atoms with E-state index in [2.05, 4.69) is 0 Å². The van der Waals surface area contributed by atoms with Gasteiger partial charge in [0.25, 0.3) is 5.91 Å². The van der Waals surface area contributed by atoms with E-state index in [9.17, 15) is 13.2 Å². The van der Waals surface area contributed by atoms with Crippen molar-refractivity contribution < 1.29 is 18.4 Å². The van der Waals surface area contributed by atoms with Gasteiger partial charge in [0.2, 0.25) is 10.0 Å². The predicted molar refractivity (Wildman–Crippen MR) is 88.3 cm³/mol. The Bertz CT molecular complexity index is 774. The largest absolute Gasteiger partial charge is 0.289 e. The fourth-order valence-electron chi connectivity index (χ4n) is 1.83. The van der Waals surface area contributed by atoms with Crippen LogP contribution >= 0.6 is 34.5 Å². The molecule has 2 rings (SSSR count). The third-order valence-corrected chi connectivity index (χ3v) is 5.80. The fraction of sp³-hybridized carbons (Fsp3) is 0.154. The summed E-state index contributed by atoms with van der Waals surface area (Å²) >= 11 is 13.1. The van der Waals surface area contributed by atoms with Crippen LogP contribution < -0.4 is 5.48 Å². The van der Waals surface area contributed by atoms with Crippen molar-refractivity contribution in [1.29, 1.82) is 0 Å². The van der Waals surface area contributed by atoms with Crippen molar-refractivity contribution >= 4 is 50.5 Å². The highest BCUT2D eigenvalue weighted by molar-refractivity contribution is 7.89. The lowest BCUT2D eigenvalue weighted by molar-refractivity contribution is -0.129. The molecule has 0 saturated carbocycles. The van der Waals surface area contributed by atoms with Crippen molar-refractivity contribution in [3.8, 4) is 0 Å². The van der Waals surface area contributed by atoms with Crippen molar-refractivity contribution in [2.75, 3.05) is 6.54 Å². The summed E-state index contributed by atoms with van der Waals surface area (Å²) < 4.78 is 26.5. The summed E-state index contributed by atoms with van der Waals surface area (Å²) in [4.78, 5) is 11.3. The number of hydrogen-bond donors (Lipinski definition) is 2. The van der Waals surface area contributed by atoms with E-state index < -0.39 is 22.5 Å². The number of carbonyl (C=O) groups excluding carboxylic acids is 1. The smallest absolute Gasteiger partial charge is 0.258 e. The van der Waals surface area contributed by atoms with Crippen molar-refractivity contribution in [2.45, 2.75) is 11.4 Å². The standard InChI is InChI=1S/C13H12Cl2N2O4S2/c14-10-3-11(15)5-12(4-10)23(20,21)17(7-13(18)16-19)6-9-1-2-22-8-9/h1-5,8,19H,6-7H2,(H,16,18). The minimum Gasteiger partial charge on any atom is -0.289 e. The molecule has 1 aromatic carbocycles. The van der Waals surface area contributed by atoms with E-state index in [-0.39, 0.29) is 21.5 Å². The Kier molecular flexibility index (Phi) is 6.01. The zero-order valence-corrected chi connectivity index (χ0v) is 14.7. The number of nitrogens with zero attached hydrogens (tertiary/aromatic N) is 1. The summed E-state index contributed by atoms with van der Waals surface area (Å²) in [5.74, 6) is -0.850. The summed E-state index contributed by atoms with van der Waals surface area (Å²) in [6.45, 7) is -0.567. The maximum atomic E-state index is 12.8. The van der Waals surface area contributed by atoms with Crippen LogP contribution in [0.15, 0.2) is 39.9 Å². The van der Waals surface area contributed by atoms with E-state index in [0.29, 0.717) is 0 Å². The van der Waals surface area contributed by atoms with E-state index in [0.717, 1.165) is 9.87 Å². The lowest BCUT2D eigenvalue weighted by atomic mass is 10.3. The summed E-state index contributed by atoms with van der Waals surface area (Å²) in [5, 5.41) is 12.6. The molecule has 23 heavy (non-hydrogen) atoms. The second-order valence-electron chi connectivity index (χ2n) is 4.54. The first-order valence-electron chi connectivity index (χ1n) is 6.23. The van der Waals surface area contributed by atoms with Crippen LogP contribution in [0, 0.1) is 0 Å². The van der Waals surface area contributed by atoms with Gasteiger partial charge in [-0.2, -0.15) is 15.6 Å². The van der Waals surface area contributed by atoms with Crippen molar-refractivity contribution in [3.05, 3.63) is 50.6 Å². The molecule has 1 aromatic heterocycles. The van der Waals surface area contributed by atoms with E-state index in [1.807, 2.05) is 0 Å². The number of halogens is 2. The van der Waals surface area contributed by atoms with Crippen molar-refractivity contribution in [2.24, 2.45) is 0 Å². The molecule has 0 aliphatic carbocycles. The Labute approximate surface area is 147 Å². The zero-order valence-electron chi connectivity index (χ0n) is 11.6. The van der Waals surface area contributed by atoms with Crippen LogP contribution in [0.5, 0.6) is 0 Å². The molecule has 124 valence electrons. The quantitative estimate of drug-likeness (QED) is 0.582. The fourth-order valence-corrected chi connectivity index (χ4v) is 4.61. The number of benzene rings is 1.